The predicted octanol–water partition coefficient (Wildman–Crippen LogP) is 2.94. The first kappa shape index (κ1) is 20.2. The molecule has 3 aliphatic rings. The highest BCUT2D eigenvalue weighted by Crippen LogP contribution is 2.56. The van der Waals surface area contributed by atoms with Crippen molar-refractivity contribution in [2.75, 3.05) is 39.3 Å². The molecule has 0 aromatic carbocycles. The van der Waals surface area contributed by atoms with E-state index in [4.69, 9.17) is 4.52 Å². The summed E-state index contributed by atoms with van der Waals surface area (Å²) in [6, 6.07) is 0. The van der Waals surface area contributed by atoms with E-state index in [-0.39, 0.29) is 23.7 Å². The standard InChI is InChI=1S/C19H34N3O3P/c1-5-20(6-2)26(21(7-3)8-4)25-12-11-22-18(23)16-14-9-10-15(13-14)17(16)19(22)24/h14-17H,5-13H2,1-4H3/t14-,15+,16?,17?. The summed E-state index contributed by atoms with van der Waals surface area (Å²) >= 11 is 0. The van der Waals surface area contributed by atoms with Gasteiger partial charge in [-0.1, -0.05) is 27.7 Å². The highest BCUT2D eigenvalue weighted by molar-refractivity contribution is 7.47. The molecular formula is C19H34N3O3P. The van der Waals surface area contributed by atoms with Crippen molar-refractivity contribution in [1.29, 1.82) is 0 Å². The monoisotopic (exact) mass is 383 g/mol. The van der Waals surface area contributed by atoms with Gasteiger partial charge in [-0.25, -0.2) is 9.34 Å². The predicted molar refractivity (Wildman–Crippen MR) is 103 cm³/mol. The molecule has 0 aromatic rings. The fourth-order valence-electron chi connectivity index (χ4n) is 5.18. The molecule has 1 saturated heterocycles. The Hall–Kier alpha value is -0.550. The van der Waals surface area contributed by atoms with Gasteiger partial charge in [-0.15, -0.1) is 0 Å². The lowest BCUT2D eigenvalue weighted by Gasteiger charge is -2.36. The van der Waals surface area contributed by atoms with Gasteiger partial charge >= 0.3 is 0 Å². The van der Waals surface area contributed by atoms with Gasteiger partial charge in [-0.3, -0.25) is 14.5 Å². The minimum Gasteiger partial charge on any atom is -0.329 e. The van der Waals surface area contributed by atoms with Gasteiger partial charge in [-0.05, 0) is 31.1 Å². The Balaban J connectivity index is 1.59. The Bertz CT molecular complexity index is 484. The van der Waals surface area contributed by atoms with Crippen molar-refractivity contribution < 1.29 is 14.1 Å². The summed E-state index contributed by atoms with van der Waals surface area (Å²) in [7, 11) is -0.836. The molecule has 0 aromatic heterocycles. The zero-order chi connectivity index (χ0) is 18.8. The lowest BCUT2D eigenvalue weighted by Crippen LogP contribution is -2.36. The molecular weight excluding hydrogens is 349 g/mol. The van der Waals surface area contributed by atoms with E-state index in [0.29, 0.717) is 25.0 Å². The molecule has 0 spiro atoms. The van der Waals surface area contributed by atoms with E-state index in [9.17, 15) is 9.59 Å². The molecule has 0 N–H and O–H groups in total. The zero-order valence-corrected chi connectivity index (χ0v) is 17.6. The quantitative estimate of drug-likeness (QED) is 0.429. The third-order valence-corrected chi connectivity index (χ3v) is 9.00. The van der Waals surface area contributed by atoms with Crippen LogP contribution in [0.3, 0.4) is 0 Å². The number of fused-ring (bicyclic) bond motifs is 5. The van der Waals surface area contributed by atoms with Gasteiger partial charge in [0.2, 0.25) is 11.8 Å². The SMILES string of the molecule is CCN(CC)P(OCCN1C(=O)C2C(C1=O)[C@H]1CC[C@@H]2C1)N(CC)CC. The van der Waals surface area contributed by atoms with E-state index < -0.39 is 8.45 Å². The summed E-state index contributed by atoms with van der Waals surface area (Å²) in [5, 5.41) is 0. The second-order valence-electron chi connectivity index (χ2n) is 7.58. The first-order valence-corrected chi connectivity index (χ1v) is 11.5. The van der Waals surface area contributed by atoms with Crippen molar-refractivity contribution in [1.82, 2.24) is 14.2 Å². The van der Waals surface area contributed by atoms with Crippen LogP contribution in [-0.2, 0) is 14.1 Å². The lowest BCUT2D eigenvalue weighted by atomic mass is 9.81. The Morgan fingerprint density at radius 1 is 0.923 bits per heavy atom. The molecule has 26 heavy (non-hydrogen) atoms. The summed E-state index contributed by atoms with van der Waals surface area (Å²) in [5.41, 5.74) is 0. The number of likely N-dealkylation sites (tertiary alicyclic amines) is 1. The first-order chi connectivity index (χ1) is 12.6. The van der Waals surface area contributed by atoms with E-state index in [1.165, 1.54) is 4.90 Å². The molecule has 2 amide bonds. The summed E-state index contributed by atoms with van der Waals surface area (Å²) in [6.07, 6.45) is 3.35. The van der Waals surface area contributed by atoms with Crippen molar-refractivity contribution in [2.24, 2.45) is 23.7 Å². The Morgan fingerprint density at radius 2 is 1.38 bits per heavy atom. The molecule has 0 radical (unpaired) electrons. The summed E-state index contributed by atoms with van der Waals surface area (Å²) in [4.78, 5) is 27.1. The molecule has 3 fully saturated rings. The highest BCUT2D eigenvalue weighted by Gasteiger charge is 2.60. The maximum Gasteiger partial charge on any atom is 0.233 e. The Kier molecular flexibility index (Phi) is 6.71. The van der Waals surface area contributed by atoms with Gasteiger partial charge in [0.05, 0.1) is 25.0 Å². The van der Waals surface area contributed by atoms with E-state index in [1.54, 1.807) is 0 Å². The van der Waals surface area contributed by atoms with Crippen LogP contribution >= 0.6 is 8.45 Å². The van der Waals surface area contributed by atoms with Crippen molar-refractivity contribution in [3.63, 3.8) is 0 Å². The highest BCUT2D eigenvalue weighted by atomic mass is 31.2. The van der Waals surface area contributed by atoms with Crippen molar-refractivity contribution in [3.05, 3.63) is 0 Å². The molecule has 3 rings (SSSR count). The van der Waals surface area contributed by atoms with Gasteiger partial charge in [0, 0.05) is 26.2 Å². The van der Waals surface area contributed by atoms with Gasteiger partial charge < -0.3 is 4.52 Å². The van der Waals surface area contributed by atoms with Crippen LogP contribution in [0.15, 0.2) is 0 Å². The van der Waals surface area contributed by atoms with E-state index >= 15 is 0 Å². The minimum atomic E-state index is -0.836. The summed E-state index contributed by atoms with van der Waals surface area (Å²) < 4.78 is 10.9. The largest absolute Gasteiger partial charge is 0.329 e. The number of hydrogen-bond acceptors (Lipinski definition) is 5. The normalized spacial score (nSPS) is 30.5. The first-order valence-electron chi connectivity index (χ1n) is 10.3. The molecule has 1 aliphatic heterocycles. The molecule has 2 saturated carbocycles. The average molecular weight is 383 g/mol. The molecule has 2 aliphatic carbocycles. The maximum absolute atomic E-state index is 12.8. The van der Waals surface area contributed by atoms with Crippen LogP contribution in [0.1, 0.15) is 47.0 Å². The van der Waals surface area contributed by atoms with Crippen LogP contribution in [0.4, 0.5) is 0 Å². The number of imide groups is 1. The maximum atomic E-state index is 12.8. The summed E-state index contributed by atoms with van der Waals surface area (Å²) in [6.45, 7) is 13.2. The third-order valence-electron chi connectivity index (χ3n) is 6.48. The van der Waals surface area contributed by atoms with Gasteiger partial charge in [0.25, 0.3) is 0 Å². The average Bonchev–Trinajstić information content (AvgIpc) is 3.32. The minimum absolute atomic E-state index is 0.0201. The molecule has 2 bridgehead atoms. The molecule has 2 unspecified atom stereocenters. The number of amides is 2. The lowest BCUT2D eigenvalue weighted by molar-refractivity contribution is -0.141. The van der Waals surface area contributed by atoms with Crippen molar-refractivity contribution in [2.45, 2.75) is 47.0 Å². The van der Waals surface area contributed by atoms with Gasteiger partial charge in [0.1, 0.15) is 0 Å². The molecule has 1 heterocycles. The van der Waals surface area contributed by atoms with Crippen molar-refractivity contribution in [3.8, 4) is 0 Å². The molecule has 4 atom stereocenters. The van der Waals surface area contributed by atoms with Crippen LogP contribution in [0.5, 0.6) is 0 Å². The number of carbonyl (C=O) groups is 2. The summed E-state index contributed by atoms with van der Waals surface area (Å²) in [5.74, 6) is 1.02. The van der Waals surface area contributed by atoms with Gasteiger partial charge in [0.15, 0.2) is 8.45 Å². The molecule has 6 nitrogen and oxygen atoms in total. The van der Waals surface area contributed by atoms with Crippen molar-refractivity contribution >= 4 is 20.3 Å². The van der Waals surface area contributed by atoms with E-state index in [0.717, 1.165) is 45.4 Å². The van der Waals surface area contributed by atoms with Crippen LogP contribution in [-0.4, -0.2) is 65.4 Å². The van der Waals surface area contributed by atoms with Gasteiger partial charge in [-0.2, -0.15) is 0 Å². The number of nitrogens with zero attached hydrogens (tertiary/aromatic N) is 3. The fraction of sp³-hybridized carbons (Fsp3) is 0.895. The third kappa shape index (κ3) is 3.46. The number of hydrogen-bond donors (Lipinski definition) is 0. The topological polar surface area (TPSA) is 53.1 Å². The van der Waals surface area contributed by atoms with E-state index in [2.05, 4.69) is 37.0 Å². The van der Waals surface area contributed by atoms with Crippen LogP contribution in [0.2, 0.25) is 0 Å². The molecule has 148 valence electrons. The smallest absolute Gasteiger partial charge is 0.233 e. The Morgan fingerprint density at radius 3 is 1.81 bits per heavy atom. The van der Waals surface area contributed by atoms with Crippen LogP contribution in [0, 0.1) is 23.7 Å². The van der Waals surface area contributed by atoms with Crippen LogP contribution < -0.4 is 0 Å². The van der Waals surface area contributed by atoms with E-state index in [1.807, 2.05) is 0 Å². The second kappa shape index (κ2) is 8.64. The zero-order valence-electron chi connectivity index (χ0n) is 16.7. The fourth-order valence-corrected chi connectivity index (χ4v) is 7.08. The number of carbonyl (C=O) groups excluding carboxylic acids is 2. The molecule has 7 heteroatoms. The van der Waals surface area contributed by atoms with Crippen LogP contribution in [0.25, 0.3) is 0 Å². The second-order valence-corrected chi connectivity index (χ2v) is 9.47. The number of rotatable bonds is 10. The Labute approximate surface area is 159 Å².